The lowest BCUT2D eigenvalue weighted by atomic mass is 10.0. The summed E-state index contributed by atoms with van der Waals surface area (Å²) in [4.78, 5) is 15.5. The molecule has 0 radical (unpaired) electrons. The van der Waals surface area contributed by atoms with Crippen LogP contribution in [-0.4, -0.2) is 38.8 Å². The van der Waals surface area contributed by atoms with Crippen LogP contribution in [0.5, 0.6) is 11.5 Å². The van der Waals surface area contributed by atoms with Gasteiger partial charge in [0.05, 0.1) is 18.8 Å². The highest BCUT2D eigenvalue weighted by molar-refractivity contribution is 6.31. The van der Waals surface area contributed by atoms with Crippen LogP contribution in [0.2, 0.25) is 5.02 Å². The van der Waals surface area contributed by atoms with Crippen molar-refractivity contribution < 1.29 is 23.8 Å². The van der Waals surface area contributed by atoms with Crippen molar-refractivity contribution in [3.63, 3.8) is 0 Å². The maximum atomic E-state index is 14.6. The van der Waals surface area contributed by atoms with Crippen molar-refractivity contribution in [3.8, 4) is 22.8 Å². The van der Waals surface area contributed by atoms with Crippen molar-refractivity contribution in [3.05, 3.63) is 98.9 Å². The number of ether oxygens (including phenoxy) is 2. The maximum Gasteiger partial charge on any atom is 0.275 e. The molecule has 1 aliphatic heterocycles. The third-order valence-electron chi connectivity index (χ3n) is 6.83. The number of amides is 1. The van der Waals surface area contributed by atoms with E-state index in [0.29, 0.717) is 27.6 Å². The first-order valence-electron chi connectivity index (χ1n) is 12.6. The van der Waals surface area contributed by atoms with Crippen LogP contribution in [0, 0.1) is 19.7 Å². The number of benzene rings is 3. The van der Waals surface area contributed by atoms with Crippen molar-refractivity contribution in [2.45, 2.75) is 33.6 Å². The van der Waals surface area contributed by atoms with Crippen molar-refractivity contribution in [1.29, 1.82) is 0 Å². The minimum Gasteiger partial charge on any atom is -0.491 e. The normalized spacial score (nSPS) is 11.9. The van der Waals surface area contributed by atoms with E-state index in [1.54, 1.807) is 53.0 Å². The summed E-state index contributed by atoms with van der Waals surface area (Å²) in [6.45, 7) is 4.37. The van der Waals surface area contributed by atoms with Crippen LogP contribution >= 0.6 is 11.6 Å². The highest BCUT2D eigenvalue weighted by Gasteiger charge is 2.31. The molecule has 1 aliphatic rings. The average molecular weight is 550 g/mol. The lowest BCUT2D eigenvalue weighted by molar-refractivity contribution is 0.0704. The van der Waals surface area contributed by atoms with E-state index in [0.717, 1.165) is 27.9 Å². The predicted molar refractivity (Wildman–Crippen MR) is 146 cm³/mol. The maximum absolute atomic E-state index is 14.6. The molecule has 0 fully saturated rings. The summed E-state index contributed by atoms with van der Waals surface area (Å²) in [6.07, 6.45) is 0. The van der Waals surface area contributed by atoms with E-state index >= 15 is 0 Å². The van der Waals surface area contributed by atoms with Gasteiger partial charge in [-0.25, -0.2) is 4.39 Å². The van der Waals surface area contributed by atoms with Gasteiger partial charge in [0.15, 0.2) is 5.69 Å². The van der Waals surface area contributed by atoms with Gasteiger partial charge in [-0.1, -0.05) is 41.9 Å². The molecule has 1 N–H and O–H groups in total. The van der Waals surface area contributed by atoms with Crippen LogP contribution in [0.4, 0.5) is 4.39 Å². The number of halogens is 2. The molecular weight excluding hydrogens is 521 g/mol. The molecule has 1 amide bonds. The van der Waals surface area contributed by atoms with Gasteiger partial charge in [0, 0.05) is 35.3 Å². The van der Waals surface area contributed by atoms with Crippen molar-refractivity contribution in [2.75, 3.05) is 13.2 Å². The number of hydrogen-bond acceptors (Lipinski definition) is 5. The highest BCUT2D eigenvalue weighted by atomic mass is 35.5. The second-order valence-electron chi connectivity index (χ2n) is 9.61. The van der Waals surface area contributed by atoms with Gasteiger partial charge in [-0.3, -0.25) is 9.48 Å². The fourth-order valence-electron chi connectivity index (χ4n) is 5.03. The first-order valence-corrected chi connectivity index (χ1v) is 13.0. The molecule has 2 heterocycles. The van der Waals surface area contributed by atoms with E-state index in [2.05, 4.69) is 5.10 Å². The van der Waals surface area contributed by atoms with Crippen LogP contribution in [0.1, 0.15) is 38.3 Å². The molecule has 1 aromatic heterocycles. The number of aromatic nitrogens is 2. The SMILES string of the molecule is Cc1cc(CO)cc(C)c1OCCN(Cc1ccccc1F)C(=O)c1nn(C)c2c1COc1ccc(Cl)cc1-2. The molecule has 0 saturated carbocycles. The number of aryl methyl sites for hydroxylation is 3. The van der Waals surface area contributed by atoms with E-state index in [-0.39, 0.29) is 44.5 Å². The van der Waals surface area contributed by atoms with Gasteiger partial charge < -0.3 is 19.5 Å². The molecular formula is C30H29ClFN3O4. The third kappa shape index (κ3) is 5.35. The average Bonchev–Trinajstić information content (AvgIpc) is 3.26. The zero-order valence-corrected chi connectivity index (χ0v) is 22.8. The summed E-state index contributed by atoms with van der Waals surface area (Å²) < 4.78 is 28.3. The van der Waals surface area contributed by atoms with Crippen LogP contribution < -0.4 is 9.47 Å². The fraction of sp³-hybridized carbons (Fsp3) is 0.267. The van der Waals surface area contributed by atoms with E-state index in [9.17, 15) is 14.3 Å². The third-order valence-corrected chi connectivity index (χ3v) is 7.07. The Hall–Kier alpha value is -3.88. The largest absolute Gasteiger partial charge is 0.491 e. The standard InChI is InChI=1S/C30H29ClFN3O4/c1-18-12-20(16-36)13-19(2)29(18)38-11-10-35(15-21-6-4-5-7-25(21)32)30(37)27-24-17-39-26-9-8-22(31)14-23(26)28(24)34(3)33-27/h4-9,12-14,36H,10-11,15-17H2,1-3H3. The molecule has 0 spiro atoms. The van der Waals surface area contributed by atoms with Crippen molar-refractivity contribution in [2.24, 2.45) is 7.05 Å². The lowest BCUT2D eigenvalue weighted by Gasteiger charge is -2.24. The Morgan fingerprint density at radius 1 is 1.18 bits per heavy atom. The zero-order valence-electron chi connectivity index (χ0n) is 22.0. The van der Waals surface area contributed by atoms with Gasteiger partial charge in [0.2, 0.25) is 0 Å². The molecule has 4 aromatic rings. The Morgan fingerprint density at radius 2 is 1.92 bits per heavy atom. The van der Waals surface area contributed by atoms with Gasteiger partial charge in [0.25, 0.3) is 5.91 Å². The first-order chi connectivity index (χ1) is 18.8. The van der Waals surface area contributed by atoms with Crippen molar-refractivity contribution >= 4 is 17.5 Å². The number of nitrogens with zero attached hydrogens (tertiary/aromatic N) is 3. The quantitative estimate of drug-likeness (QED) is 0.309. The van der Waals surface area contributed by atoms with E-state index < -0.39 is 5.82 Å². The fourth-order valence-corrected chi connectivity index (χ4v) is 5.20. The van der Waals surface area contributed by atoms with Gasteiger partial charge in [-0.05, 0) is 54.8 Å². The molecule has 0 aliphatic carbocycles. The molecule has 0 bridgehead atoms. The summed E-state index contributed by atoms with van der Waals surface area (Å²) in [5, 5.41) is 14.6. The van der Waals surface area contributed by atoms with E-state index in [1.165, 1.54) is 6.07 Å². The number of hydrogen-bond donors (Lipinski definition) is 1. The molecule has 0 atom stereocenters. The number of aliphatic hydroxyl groups is 1. The molecule has 3 aromatic carbocycles. The first kappa shape index (κ1) is 26.7. The van der Waals surface area contributed by atoms with Gasteiger partial charge in [0.1, 0.15) is 30.5 Å². The Kier molecular flexibility index (Phi) is 7.59. The van der Waals surface area contributed by atoms with Gasteiger partial charge in [-0.2, -0.15) is 5.10 Å². The number of carbonyl (C=O) groups excluding carboxylic acids is 1. The van der Waals surface area contributed by atoms with Gasteiger partial charge >= 0.3 is 0 Å². The summed E-state index contributed by atoms with van der Waals surface area (Å²) in [5.41, 5.74) is 5.40. The smallest absolute Gasteiger partial charge is 0.275 e. The Labute approximate surface area is 231 Å². The minimum absolute atomic E-state index is 0.0465. The monoisotopic (exact) mass is 549 g/mol. The van der Waals surface area contributed by atoms with Crippen molar-refractivity contribution in [1.82, 2.24) is 14.7 Å². The highest BCUT2D eigenvalue weighted by Crippen LogP contribution is 2.40. The Bertz CT molecular complexity index is 1530. The van der Waals surface area contributed by atoms with E-state index in [4.69, 9.17) is 21.1 Å². The zero-order chi connectivity index (χ0) is 27.7. The Balaban J connectivity index is 1.44. The summed E-state index contributed by atoms with van der Waals surface area (Å²) in [5.74, 6) is 0.625. The molecule has 9 heteroatoms. The van der Waals surface area contributed by atoms with Crippen LogP contribution in [0.15, 0.2) is 54.6 Å². The van der Waals surface area contributed by atoms with Gasteiger partial charge in [-0.15, -0.1) is 0 Å². The predicted octanol–water partition coefficient (Wildman–Crippen LogP) is 5.60. The molecule has 202 valence electrons. The number of rotatable bonds is 8. The van der Waals surface area contributed by atoms with Crippen LogP contribution in [-0.2, 0) is 26.8 Å². The summed E-state index contributed by atoms with van der Waals surface area (Å²) in [7, 11) is 1.78. The second kappa shape index (κ2) is 11.1. The lowest BCUT2D eigenvalue weighted by Crippen LogP contribution is -2.35. The number of aliphatic hydroxyl groups excluding tert-OH is 1. The topological polar surface area (TPSA) is 76.8 Å². The van der Waals surface area contributed by atoms with Crippen LogP contribution in [0.3, 0.4) is 0 Å². The Morgan fingerprint density at radius 3 is 2.64 bits per heavy atom. The second-order valence-corrected chi connectivity index (χ2v) is 10.0. The van der Waals surface area contributed by atoms with Crippen LogP contribution in [0.25, 0.3) is 11.3 Å². The summed E-state index contributed by atoms with van der Waals surface area (Å²) >= 11 is 6.24. The molecule has 0 saturated heterocycles. The molecule has 5 rings (SSSR count). The molecule has 39 heavy (non-hydrogen) atoms. The number of fused-ring (bicyclic) bond motifs is 3. The molecule has 7 nitrogen and oxygen atoms in total. The molecule has 0 unspecified atom stereocenters. The minimum atomic E-state index is -0.391. The van der Waals surface area contributed by atoms with E-state index in [1.807, 2.05) is 26.0 Å². The number of carbonyl (C=O) groups is 1. The summed E-state index contributed by atoms with van der Waals surface area (Å²) in [6, 6.07) is 15.5.